The van der Waals surface area contributed by atoms with Crippen LogP contribution < -0.4 is 0 Å². The van der Waals surface area contributed by atoms with E-state index < -0.39 is 51.1 Å². The van der Waals surface area contributed by atoms with Crippen molar-refractivity contribution in [2.75, 3.05) is 0 Å². The van der Waals surface area contributed by atoms with Gasteiger partial charge in [0.2, 0.25) is 0 Å². The second kappa shape index (κ2) is 6.34. The predicted molar refractivity (Wildman–Crippen MR) is 73.6 cm³/mol. The Morgan fingerprint density at radius 3 is 1.29 bits per heavy atom. The quantitative estimate of drug-likeness (QED) is 0.386. The highest BCUT2D eigenvalue weighted by molar-refractivity contribution is 9.09. The Hall–Kier alpha value is -1.64. The largest absolute Gasteiger partial charge is 0.416 e. The SMILES string of the molecule is Fc1ccc(C(F)(F)F)cc1C(Br)c1cc(C(F)(F)F)ccc1F. The van der Waals surface area contributed by atoms with Gasteiger partial charge >= 0.3 is 12.4 Å². The number of halogens is 9. The van der Waals surface area contributed by atoms with Crippen molar-refractivity contribution in [1.29, 1.82) is 0 Å². The van der Waals surface area contributed by atoms with Gasteiger partial charge in [0.05, 0.1) is 16.0 Å². The highest BCUT2D eigenvalue weighted by atomic mass is 79.9. The third-order valence-electron chi connectivity index (χ3n) is 3.19. The molecule has 0 fully saturated rings. The van der Waals surface area contributed by atoms with Crippen LogP contribution in [0, 0.1) is 11.6 Å². The molecule has 0 saturated carbocycles. The van der Waals surface area contributed by atoms with Gasteiger partial charge in [-0.05, 0) is 36.4 Å². The van der Waals surface area contributed by atoms with E-state index in [-0.39, 0.29) is 0 Å². The zero-order valence-corrected chi connectivity index (χ0v) is 13.0. The summed E-state index contributed by atoms with van der Waals surface area (Å²) in [6, 6.07) is 2.88. The van der Waals surface area contributed by atoms with E-state index in [1.54, 1.807) is 0 Å². The van der Waals surface area contributed by atoms with E-state index in [9.17, 15) is 35.1 Å². The van der Waals surface area contributed by atoms with Crippen molar-refractivity contribution in [1.82, 2.24) is 0 Å². The van der Waals surface area contributed by atoms with Gasteiger partial charge in [-0.2, -0.15) is 26.3 Å². The summed E-state index contributed by atoms with van der Waals surface area (Å²) in [6.45, 7) is 0. The van der Waals surface area contributed by atoms with E-state index in [1.165, 1.54) is 0 Å². The first-order valence-electron chi connectivity index (χ1n) is 6.28. The minimum atomic E-state index is -4.78. The van der Waals surface area contributed by atoms with Crippen LogP contribution in [-0.4, -0.2) is 0 Å². The van der Waals surface area contributed by atoms with Crippen molar-refractivity contribution in [2.45, 2.75) is 17.2 Å². The first-order valence-corrected chi connectivity index (χ1v) is 7.20. The van der Waals surface area contributed by atoms with Crippen LogP contribution in [0.4, 0.5) is 35.1 Å². The van der Waals surface area contributed by atoms with Crippen molar-refractivity contribution < 1.29 is 35.1 Å². The molecule has 0 N–H and O–H groups in total. The molecule has 0 radical (unpaired) electrons. The summed E-state index contributed by atoms with van der Waals surface area (Å²) < 4.78 is 104. The summed E-state index contributed by atoms with van der Waals surface area (Å²) in [6.07, 6.45) is -9.55. The smallest absolute Gasteiger partial charge is 0.207 e. The Morgan fingerprint density at radius 2 is 1.00 bits per heavy atom. The Balaban J connectivity index is 2.55. The normalized spacial score (nSPS) is 12.8. The maximum atomic E-state index is 13.8. The van der Waals surface area contributed by atoms with Crippen molar-refractivity contribution in [2.24, 2.45) is 0 Å². The molecule has 0 aromatic heterocycles. The van der Waals surface area contributed by atoms with Gasteiger partial charge in [-0.15, -0.1) is 0 Å². The van der Waals surface area contributed by atoms with Gasteiger partial charge in [0.1, 0.15) is 11.6 Å². The van der Waals surface area contributed by atoms with Crippen molar-refractivity contribution in [3.63, 3.8) is 0 Å². The molecule has 0 amide bonds. The molecule has 0 saturated heterocycles. The monoisotopic (exact) mass is 418 g/mol. The average molecular weight is 419 g/mol. The van der Waals surface area contributed by atoms with Crippen LogP contribution in [0.15, 0.2) is 36.4 Å². The van der Waals surface area contributed by atoms with Gasteiger partial charge in [0, 0.05) is 11.1 Å². The van der Waals surface area contributed by atoms with Crippen LogP contribution in [0.25, 0.3) is 0 Å². The van der Waals surface area contributed by atoms with Gasteiger partial charge in [0.25, 0.3) is 0 Å². The summed E-state index contributed by atoms with van der Waals surface area (Å²) in [7, 11) is 0. The molecular weight excluding hydrogens is 412 g/mol. The molecule has 0 bridgehead atoms. The lowest BCUT2D eigenvalue weighted by Gasteiger charge is -2.17. The lowest BCUT2D eigenvalue weighted by Crippen LogP contribution is -2.10. The zero-order valence-electron chi connectivity index (χ0n) is 11.4. The molecule has 0 nitrogen and oxygen atoms in total. The number of rotatable bonds is 2. The summed E-state index contributed by atoms with van der Waals surface area (Å²) in [5.74, 6) is -2.22. The van der Waals surface area contributed by atoms with Crippen LogP contribution >= 0.6 is 15.9 Å². The van der Waals surface area contributed by atoms with Gasteiger partial charge in [-0.1, -0.05) is 15.9 Å². The lowest BCUT2D eigenvalue weighted by atomic mass is 9.99. The lowest BCUT2D eigenvalue weighted by molar-refractivity contribution is -0.138. The van der Waals surface area contributed by atoms with Crippen molar-refractivity contribution in [3.8, 4) is 0 Å². The van der Waals surface area contributed by atoms with Crippen LogP contribution in [-0.2, 0) is 12.4 Å². The molecule has 0 aliphatic rings. The molecule has 0 unspecified atom stereocenters. The fraction of sp³-hybridized carbons (Fsp3) is 0.200. The number of alkyl halides is 7. The highest BCUT2D eigenvalue weighted by Crippen LogP contribution is 2.40. The average Bonchev–Trinajstić information content (AvgIpc) is 2.45. The summed E-state index contributed by atoms with van der Waals surface area (Å²) in [5.41, 5.74) is -3.64. The van der Waals surface area contributed by atoms with Crippen LogP contribution in [0.2, 0.25) is 0 Å². The molecule has 2 aromatic rings. The second-order valence-electron chi connectivity index (χ2n) is 4.83. The van der Waals surface area contributed by atoms with E-state index in [2.05, 4.69) is 15.9 Å². The summed E-state index contributed by atoms with van der Waals surface area (Å²) in [4.78, 5) is -1.53. The molecule has 2 rings (SSSR count). The molecular formula is C15H7BrF8. The maximum absolute atomic E-state index is 13.8. The topological polar surface area (TPSA) is 0 Å². The Kier molecular flexibility index (Phi) is 4.94. The van der Waals surface area contributed by atoms with Crippen LogP contribution in [0.1, 0.15) is 27.1 Å². The van der Waals surface area contributed by atoms with Crippen molar-refractivity contribution >= 4 is 15.9 Å². The van der Waals surface area contributed by atoms with E-state index in [4.69, 9.17) is 0 Å². The fourth-order valence-electron chi connectivity index (χ4n) is 2.00. The number of benzene rings is 2. The van der Waals surface area contributed by atoms with Crippen molar-refractivity contribution in [3.05, 3.63) is 70.3 Å². The van der Waals surface area contributed by atoms with Gasteiger partial charge < -0.3 is 0 Å². The van der Waals surface area contributed by atoms with Gasteiger partial charge in [-0.25, -0.2) is 8.78 Å². The minimum absolute atomic E-state index is 0.425. The molecule has 0 aliphatic carbocycles. The van der Waals surface area contributed by atoms with E-state index in [1.807, 2.05) is 0 Å². The fourth-order valence-corrected chi connectivity index (χ4v) is 2.70. The molecule has 0 aliphatic heterocycles. The maximum Gasteiger partial charge on any atom is 0.416 e. The molecule has 0 heterocycles. The summed E-state index contributed by atoms with van der Waals surface area (Å²) in [5, 5.41) is 0. The second-order valence-corrected chi connectivity index (χ2v) is 5.75. The van der Waals surface area contributed by atoms with Gasteiger partial charge in [-0.3, -0.25) is 0 Å². The molecule has 0 atom stereocenters. The Morgan fingerprint density at radius 1 is 0.667 bits per heavy atom. The van der Waals surface area contributed by atoms with Crippen LogP contribution in [0.5, 0.6) is 0 Å². The minimum Gasteiger partial charge on any atom is -0.207 e. The highest BCUT2D eigenvalue weighted by Gasteiger charge is 2.34. The van der Waals surface area contributed by atoms with E-state index in [0.717, 1.165) is 0 Å². The summed E-state index contributed by atoms with van der Waals surface area (Å²) >= 11 is 2.78. The zero-order chi connectivity index (χ0) is 18.3. The van der Waals surface area contributed by atoms with Gasteiger partial charge in [0.15, 0.2) is 0 Å². The standard InChI is InChI=1S/C15H7BrF8/c16-13(9-5-7(14(19,20)21)1-3-11(9)17)10-6-8(15(22,23)24)2-4-12(10)18/h1-6,13H. The molecule has 24 heavy (non-hydrogen) atoms. The van der Waals surface area contributed by atoms with E-state index in [0.29, 0.717) is 36.4 Å². The molecule has 130 valence electrons. The molecule has 2 aromatic carbocycles. The van der Waals surface area contributed by atoms with Crippen LogP contribution in [0.3, 0.4) is 0 Å². The van der Waals surface area contributed by atoms with E-state index >= 15 is 0 Å². The number of hydrogen-bond donors (Lipinski definition) is 0. The molecule has 9 heteroatoms. The predicted octanol–water partition coefficient (Wildman–Crippen LogP) is 6.49. The Labute approximate surface area is 139 Å². The first kappa shape index (κ1) is 18.7. The Bertz CT molecular complexity index is 685. The molecule has 0 spiro atoms. The third kappa shape index (κ3) is 3.88. The first-order chi connectivity index (χ1) is 10.9. The third-order valence-corrected chi connectivity index (χ3v) is 4.18. The number of hydrogen-bond acceptors (Lipinski definition) is 0.